The molecule has 0 aliphatic carbocycles. The van der Waals surface area contributed by atoms with Gasteiger partial charge in [0.15, 0.2) is 17.5 Å². The van der Waals surface area contributed by atoms with Crippen molar-refractivity contribution < 1.29 is 30.4 Å². The highest BCUT2D eigenvalue weighted by Gasteiger charge is 2.34. The van der Waals surface area contributed by atoms with Gasteiger partial charge in [-0.15, -0.1) is 11.3 Å². The maximum atomic E-state index is 13.6. The molecule has 2 N–H and O–H groups in total. The summed E-state index contributed by atoms with van der Waals surface area (Å²) in [6.07, 6.45) is -3.54. The lowest BCUT2D eigenvalue weighted by Crippen LogP contribution is -2.10. The van der Waals surface area contributed by atoms with Crippen LogP contribution in [0, 0.1) is 11.6 Å². The second kappa shape index (κ2) is 8.24. The number of benzene rings is 1. The van der Waals surface area contributed by atoms with Crippen LogP contribution in [0.15, 0.2) is 58.9 Å². The number of aromatic nitrogens is 3. The second-order valence-corrected chi connectivity index (χ2v) is 9.55. The number of primary sulfonamides is 1. The van der Waals surface area contributed by atoms with E-state index in [1.807, 2.05) is 0 Å². The second-order valence-electron chi connectivity index (χ2n) is 6.68. The Morgan fingerprint density at radius 1 is 0.848 bits per heavy atom. The van der Waals surface area contributed by atoms with Crippen LogP contribution in [0.1, 0.15) is 5.69 Å². The molecule has 1 aromatic carbocycles. The van der Waals surface area contributed by atoms with Gasteiger partial charge in [0.25, 0.3) is 0 Å². The summed E-state index contributed by atoms with van der Waals surface area (Å²) < 4.78 is 90.3. The Morgan fingerprint density at radius 2 is 1.61 bits per heavy atom. The van der Waals surface area contributed by atoms with E-state index in [0.29, 0.717) is 10.9 Å². The van der Waals surface area contributed by atoms with Crippen molar-refractivity contribution >= 4 is 21.4 Å². The van der Waals surface area contributed by atoms with E-state index in [4.69, 9.17) is 5.14 Å². The first-order valence-corrected chi connectivity index (χ1v) is 11.3. The molecule has 0 radical (unpaired) electrons. The standard InChI is InChI=1S/C20H11F5N4O2S2/c21-12-2-1-10(7-13(12)22)14-9-17(20(23,24)25)29-19(28-14)11-5-6-27-15(8-11)16-3-4-18(32-16)33(26,30)31/h1-9H,(H2,26,30,31). The first-order valence-electron chi connectivity index (χ1n) is 8.93. The number of nitrogens with zero attached hydrogens (tertiary/aromatic N) is 3. The minimum absolute atomic E-state index is 0.0756. The summed E-state index contributed by atoms with van der Waals surface area (Å²) in [6.45, 7) is 0. The third-order valence-electron chi connectivity index (χ3n) is 4.36. The van der Waals surface area contributed by atoms with Crippen molar-refractivity contribution in [2.75, 3.05) is 0 Å². The molecule has 4 rings (SSSR count). The van der Waals surface area contributed by atoms with Gasteiger partial charge in [-0.1, -0.05) is 0 Å². The fourth-order valence-electron chi connectivity index (χ4n) is 2.84. The molecule has 13 heteroatoms. The van der Waals surface area contributed by atoms with Crippen LogP contribution < -0.4 is 5.14 Å². The van der Waals surface area contributed by atoms with E-state index < -0.39 is 33.5 Å². The van der Waals surface area contributed by atoms with Crippen molar-refractivity contribution in [3.8, 4) is 33.2 Å². The molecule has 0 amide bonds. The van der Waals surface area contributed by atoms with Gasteiger partial charge in [0.1, 0.15) is 9.90 Å². The van der Waals surface area contributed by atoms with Crippen molar-refractivity contribution in [3.05, 3.63) is 72.1 Å². The van der Waals surface area contributed by atoms with Gasteiger partial charge in [-0.25, -0.2) is 32.3 Å². The van der Waals surface area contributed by atoms with Crippen LogP contribution in [0.2, 0.25) is 0 Å². The van der Waals surface area contributed by atoms with E-state index in [1.165, 1.54) is 30.5 Å². The van der Waals surface area contributed by atoms with Crippen molar-refractivity contribution in [1.82, 2.24) is 15.0 Å². The highest BCUT2D eigenvalue weighted by molar-refractivity contribution is 7.91. The Kier molecular flexibility index (Phi) is 5.72. The molecule has 170 valence electrons. The summed E-state index contributed by atoms with van der Waals surface area (Å²) in [6, 6.07) is 8.73. The maximum absolute atomic E-state index is 13.6. The molecule has 0 saturated carbocycles. The topological polar surface area (TPSA) is 98.8 Å². The lowest BCUT2D eigenvalue weighted by atomic mass is 10.1. The van der Waals surface area contributed by atoms with E-state index in [0.717, 1.165) is 29.5 Å². The molecule has 4 aromatic rings. The van der Waals surface area contributed by atoms with E-state index in [-0.39, 0.29) is 32.5 Å². The van der Waals surface area contributed by atoms with Gasteiger partial charge in [0, 0.05) is 17.3 Å². The fourth-order valence-corrected chi connectivity index (χ4v) is 4.54. The van der Waals surface area contributed by atoms with Crippen molar-refractivity contribution in [1.29, 1.82) is 0 Å². The van der Waals surface area contributed by atoms with Crippen LogP contribution in [-0.2, 0) is 16.2 Å². The van der Waals surface area contributed by atoms with Crippen LogP contribution in [-0.4, -0.2) is 23.4 Å². The lowest BCUT2D eigenvalue weighted by Gasteiger charge is -2.11. The Balaban J connectivity index is 1.84. The van der Waals surface area contributed by atoms with Crippen LogP contribution >= 0.6 is 11.3 Å². The molecular weight excluding hydrogens is 487 g/mol. The summed E-state index contributed by atoms with van der Waals surface area (Å²) >= 11 is 0.834. The number of hydrogen-bond acceptors (Lipinski definition) is 6. The van der Waals surface area contributed by atoms with Crippen molar-refractivity contribution in [2.24, 2.45) is 5.14 Å². The van der Waals surface area contributed by atoms with Gasteiger partial charge in [0.05, 0.1) is 16.3 Å². The number of sulfonamides is 1. The summed E-state index contributed by atoms with van der Waals surface area (Å²) in [5, 5.41) is 5.10. The number of thiophene rings is 1. The molecule has 0 bridgehead atoms. The third-order valence-corrected chi connectivity index (χ3v) is 6.91. The number of halogens is 5. The van der Waals surface area contributed by atoms with Crippen LogP contribution in [0.4, 0.5) is 22.0 Å². The third kappa shape index (κ3) is 4.89. The largest absolute Gasteiger partial charge is 0.433 e. The zero-order valence-corrected chi connectivity index (χ0v) is 17.8. The van der Waals surface area contributed by atoms with E-state index in [2.05, 4.69) is 15.0 Å². The van der Waals surface area contributed by atoms with Crippen LogP contribution in [0.3, 0.4) is 0 Å². The number of hydrogen-bond donors (Lipinski definition) is 1. The molecule has 3 aromatic heterocycles. The van der Waals surface area contributed by atoms with E-state index in [1.54, 1.807) is 0 Å². The average Bonchev–Trinajstić information content (AvgIpc) is 3.26. The molecule has 0 fully saturated rings. The van der Waals surface area contributed by atoms with Gasteiger partial charge < -0.3 is 0 Å². The normalized spacial score (nSPS) is 12.2. The predicted molar refractivity (Wildman–Crippen MR) is 110 cm³/mol. The zero-order chi connectivity index (χ0) is 24.0. The molecule has 0 aliphatic heterocycles. The van der Waals surface area contributed by atoms with Gasteiger partial charge in [-0.2, -0.15) is 13.2 Å². The maximum Gasteiger partial charge on any atom is 0.433 e. The van der Waals surface area contributed by atoms with Crippen LogP contribution in [0.5, 0.6) is 0 Å². The predicted octanol–water partition coefficient (Wildman–Crippen LogP) is 4.88. The monoisotopic (exact) mass is 498 g/mol. The van der Waals surface area contributed by atoms with Gasteiger partial charge >= 0.3 is 6.18 Å². The summed E-state index contributed by atoms with van der Waals surface area (Å²) in [5.41, 5.74) is -1.23. The Labute approximate surface area is 187 Å². The molecule has 0 unspecified atom stereocenters. The number of rotatable bonds is 4. The first kappa shape index (κ1) is 22.9. The SMILES string of the molecule is NS(=O)(=O)c1ccc(-c2cc(-c3nc(-c4ccc(F)c(F)c4)cc(C(F)(F)F)n3)ccn2)s1. The Bertz CT molecular complexity index is 1470. The van der Waals surface area contributed by atoms with Gasteiger partial charge in [-0.05, 0) is 48.5 Å². The molecule has 0 aliphatic rings. The summed E-state index contributed by atoms with van der Waals surface area (Å²) in [5.74, 6) is -2.73. The molecule has 0 saturated heterocycles. The van der Waals surface area contributed by atoms with Gasteiger partial charge in [-0.3, -0.25) is 4.98 Å². The zero-order valence-electron chi connectivity index (χ0n) is 16.1. The van der Waals surface area contributed by atoms with E-state index in [9.17, 15) is 30.4 Å². The average molecular weight is 498 g/mol. The molecule has 3 heterocycles. The highest BCUT2D eigenvalue weighted by atomic mass is 32.2. The lowest BCUT2D eigenvalue weighted by molar-refractivity contribution is -0.141. The molecular formula is C20H11F5N4O2S2. The van der Waals surface area contributed by atoms with Crippen molar-refractivity contribution in [2.45, 2.75) is 10.4 Å². The first-order chi connectivity index (χ1) is 15.4. The van der Waals surface area contributed by atoms with Gasteiger partial charge in [0.2, 0.25) is 10.0 Å². The molecule has 33 heavy (non-hydrogen) atoms. The smallest absolute Gasteiger partial charge is 0.255 e. The molecule has 0 atom stereocenters. The Morgan fingerprint density at radius 3 is 2.24 bits per heavy atom. The Hall–Kier alpha value is -3.29. The quantitative estimate of drug-likeness (QED) is 0.405. The number of pyridine rings is 1. The molecule has 6 nitrogen and oxygen atoms in total. The number of alkyl halides is 3. The minimum Gasteiger partial charge on any atom is -0.255 e. The fraction of sp³-hybridized carbons (Fsp3) is 0.0500. The number of nitrogens with two attached hydrogens (primary N) is 1. The summed E-state index contributed by atoms with van der Waals surface area (Å²) in [4.78, 5) is 12.2. The highest BCUT2D eigenvalue weighted by Crippen LogP contribution is 2.34. The van der Waals surface area contributed by atoms with Crippen LogP contribution in [0.25, 0.3) is 33.2 Å². The van der Waals surface area contributed by atoms with Crippen molar-refractivity contribution in [3.63, 3.8) is 0 Å². The molecule has 0 spiro atoms. The van der Waals surface area contributed by atoms with E-state index >= 15 is 0 Å². The summed E-state index contributed by atoms with van der Waals surface area (Å²) in [7, 11) is -3.93. The minimum atomic E-state index is -4.83.